The van der Waals surface area contributed by atoms with E-state index in [4.69, 9.17) is 9.84 Å². The highest BCUT2D eigenvalue weighted by Crippen LogP contribution is 2.27. The molecule has 2 aliphatic rings. The second kappa shape index (κ2) is 7.44. The summed E-state index contributed by atoms with van der Waals surface area (Å²) in [6, 6.07) is 0. The minimum absolute atomic E-state index is 0.00347. The molecule has 0 bridgehead atoms. The number of aliphatic hydroxyl groups excluding tert-OH is 1. The molecule has 3 nitrogen and oxygen atoms in total. The van der Waals surface area contributed by atoms with Gasteiger partial charge >= 0.3 is 5.97 Å². The first-order valence-corrected chi connectivity index (χ1v) is 6.20. The summed E-state index contributed by atoms with van der Waals surface area (Å²) in [6.07, 6.45) is 9.69. The van der Waals surface area contributed by atoms with Gasteiger partial charge in [-0.05, 0) is 38.5 Å². The zero-order chi connectivity index (χ0) is 11.8. The van der Waals surface area contributed by atoms with Gasteiger partial charge < -0.3 is 9.84 Å². The smallest absolute Gasteiger partial charge is 0.308 e. The largest absolute Gasteiger partial charge is 0.466 e. The number of ether oxygens (including phenoxy) is 1. The normalized spacial score (nSPS) is 19.9. The van der Waals surface area contributed by atoms with Crippen LogP contribution in [0.25, 0.3) is 0 Å². The van der Waals surface area contributed by atoms with Gasteiger partial charge in [0, 0.05) is 6.61 Å². The van der Waals surface area contributed by atoms with Gasteiger partial charge in [-0.1, -0.05) is 18.6 Å². The molecular formula is C13H22O3. The number of esters is 1. The van der Waals surface area contributed by atoms with Crippen molar-refractivity contribution in [1.29, 1.82) is 0 Å². The van der Waals surface area contributed by atoms with E-state index in [1.807, 2.05) is 6.92 Å². The summed E-state index contributed by atoms with van der Waals surface area (Å²) in [7, 11) is 0. The Morgan fingerprint density at radius 1 is 1.38 bits per heavy atom. The molecule has 2 rings (SSSR count). The standard InChI is InChI=1S/C7H12O2.C6H10O/c1-2-9-7(8)6-4-3-5-6;7-5-6-3-1-2-4-6/h6H,2-5H2,1H3;1-2,6-7H,3-5H2. The Morgan fingerprint density at radius 3 is 2.31 bits per heavy atom. The number of allylic oxidation sites excluding steroid dienone is 2. The van der Waals surface area contributed by atoms with Crippen LogP contribution in [0.1, 0.15) is 39.0 Å². The van der Waals surface area contributed by atoms with Crippen molar-refractivity contribution in [3.63, 3.8) is 0 Å². The van der Waals surface area contributed by atoms with Crippen LogP contribution in [0.3, 0.4) is 0 Å². The minimum Gasteiger partial charge on any atom is -0.466 e. The van der Waals surface area contributed by atoms with Crippen LogP contribution >= 0.6 is 0 Å². The monoisotopic (exact) mass is 226 g/mol. The average Bonchev–Trinajstić information content (AvgIpc) is 2.68. The highest BCUT2D eigenvalue weighted by atomic mass is 16.5. The molecule has 0 amide bonds. The lowest BCUT2D eigenvalue weighted by molar-refractivity contribution is -0.150. The van der Waals surface area contributed by atoms with Crippen molar-refractivity contribution in [2.75, 3.05) is 13.2 Å². The molecule has 0 unspecified atom stereocenters. The van der Waals surface area contributed by atoms with Gasteiger partial charge in [-0.25, -0.2) is 0 Å². The van der Waals surface area contributed by atoms with Crippen LogP contribution in [0.2, 0.25) is 0 Å². The predicted molar refractivity (Wildman–Crippen MR) is 62.9 cm³/mol. The quantitative estimate of drug-likeness (QED) is 0.593. The van der Waals surface area contributed by atoms with Crippen LogP contribution in [-0.2, 0) is 9.53 Å². The highest BCUT2D eigenvalue weighted by Gasteiger charge is 2.25. The third kappa shape index (κ3) is 4.35. The van der Waals surface area contributed by atoms with Gasteiger partial charge in [-0.15, -0.1) is 0 Å². The van der Waals surface area contributed by atoms with Crippen molar-refractivity contribution in [3.8, 4) is 0 Å². The summed E-state index contributed by atoms with van der Waals surface area (Å²) >= 11 is 0. The zero-order valence-electron chi connectivity index (χ0n) is 10.0. The first-order chi connectivity index (χ1) is 7.77. The Hall–Kier alpha value is -0.830. The molecule has 0 aromatic rings. The van der Waals surface area contributed by atoms with Crippen molar-refractivity contribution >= 4 is 5.97 Å². The van der Waals surface area contributed by atoms with Crippen LogP contribution < -0.4 is 0 Å². The molecular weight excluding hydrogens is 204 g/mol. The number of aliphatic hydroxyl groups is 1. The topological polar surface area (TPSA) is 46.5 Å². The van der Waals surface area contributed by atoms with Crippen molar-refractivity contribution in [2.45, 2.75) is 39.0 Å². The van der Waals surface area contributed by atoms with Gasteiger partial charge in [0.2, 0.25) is 0 Å². The van der Waals surface area contributed by atoms with Crippen molar-refractivity contribution in [1.82, 2.24) is 0 Å². The van der Waals surface area contributed by atoms with Crippen LogP contribution in [0.4, 0.5) is 0 Å². The third-order valence-electron chi connectivity index (χ3n) is 3.09. The molecule has 0 aliphatic heterocycles. The zero-order valence-corrected chi connectivity index (χ0v) is 10.0. The Bertz CT molecular complexity index is 223. The van der Waals surface area contributed by atoms with Crippen LogP contribution in [-0.4, -0.2) is 24.3 Å². The second-order valence-electron chi connectivity index (χ2n) is 4.37. The molecule has 0 aromatic heterocycles. The Balaban J connectivity index is 0.000000165. The number of carbonyl (C=O) groups is 1. The minimum atomic E-state index is 0.00347. The fraction of sp³-hybridized carbons (Fsp3) is 0.769. The fourth-order valence-electron chi connectivity index (χ4n) is 1.73. The SMILES string of the molecule is CCOC(=O)C1CCC1.OCC1CC=CC1. The molecule has 0 heterocycles. The average molecular weight is 226 g/mol. The molecule has 0 saturated heterocycles. The maximum atomic E-state index is 10.8. The summed E-state index contributed by atoms with van der Waals surface area (Å²) in [5.74, 6) is 0.786. The van der Waals surface area contributed by atoms with Crippen molar-refractivity contribution < 1.29 is 14.6 Å². The van der Waals surface area contributed by atoms with Crippen LogP contribution in [0.5, 0.6) is 0 Å². The van der Waals surface area contributed by atoms with Crippen LogP contribution in [0, 0.1) is 11.8 Å². The molecule has 0 aromatic carbocycles. The maximum Gasteiger partial charge on any atom is 0.308 e. The van der Waals surface area contributed by atoms with E-state index in [9.17, 15) is 4.79 Å². The lowest BCUT2D eigenvalue weighted by Crippen LogP contribution is -2.23. The molecule has 16 heavy (non-hydrogen) atoms. The van der Waals surface area contributed by atoms with E-state index in [0.717, 1.165) is 25.7 Å². The number of hydrogen-bond acceptors (Lipinski definition) is 3. The van der Waals surface area contributed by atoms with E-state index >= 15 is 0 Å². The molecule has 1 saturated carbocycles. The lowest BCUT2D eigenvalue weighted by Gasteiger charge is -2.22. The van der Waals surface area contributed by atoms with E-state index in [1.165, 1.54) is 6.42 Å². The molecule has 2 aliphatic carbocycles. The maximum absolute atomic E-state index is 10.8. The Morgan fingerprint density at radius 2 is 2.00 bits per heavy atom. The van der Waals surface area contributed by atoms with E-state index in [2.05, 4.69) is 12.2 Å². The highest BCUT2D eigenvalue weighted by molar-refractivity contribution is 5.73. The molecule has 1 fully saturated rings. The lowest BCUT2D eigenvalue weighted by atomic mass is 9.86. The Kier molecular flexibility index (Phi) is 6.16. The number of carbonyl (C=O) groups excluding carboxylic acids is 1. The second-order valence-corrected chi connectivity index (χ2v) is 4.37. The molecule has 0 spiro atoms. The molecule has 92 valence electrons. The summed E-state index contributed by atoms with van der Waals surface area (Å²) in [4.78, 5) is 10.8. The molecule has 1 N–H and O–H groups in total. The summed E-state index contributed by atoms with van der Waals surface area (Å²) in [5, 5.41) is 8.53. The summed E-state index contributed by atoms with van der Waals surface area (Å²) in [6.45, 7) is 2.72. The number of rotatable bonds is 3. The van der Waals surface area contributed by atoms with Gasteiger partial charge in [0.25, 0.3) is 0 Å². The van der Waals surface area contributed by atoms with Gasteiger partial charge in [-0.2, -0.15) is 0 Å². The first kappa shape index (κ1) is 13.2. The third-order valence-corrected chi connectivity index (χ3v) is 3.09. The predicted octanol–water partition coefficient (Wildman–Crippen LogP) is 2.29. The fourth-order valence-corrected chi connectivity index (χ4v) is 1.73. The van der Waals surface area contributed by atoms with E-state index in [1.54, 1.807) is 0 Å². The Labute approximate surface area is 97.5 Å². The molecule has 0 radical (unpaired) electrons. The van der Waals surface area contributed by atoms with Gasteiger partial charge in [0.1, 0.15) is 0 Å². The van der Waals surface area contributed by atoms with Gasteiger partial charge in [0.05, 0.1) is 12.5 Å². The van der Waals surface area contributed by atoms with Gasteiger partial charge in [-0.3, -0.25) is 4.79 Å². The van der Waals surface area contributed by atoms with Gasteiger partial charge in [0.15, 0.2) is 0 Å². The van der Waals surface area contributed by atoms with E-state index in [0.29, 0.717) is 19.1 Å². The molecule has 0 atom stereocenters. The summed E-state index contributed by atoms with van der Waals surface area (Å²) in [5.41, 5.74) is 0. The van der Waals surface area contributed by atoms with Crippen LogP contribution in [0.15, 0.2) is 12.2 Å². The summed E-state index contributed by atoms with van der Waals surface area (Å²) < 4.78 is 4.81. The number of hydrogen-bond donors (Lipinski definition) is 1. The van der Waals surface area contributed by atoms with E-state index < -0.39 is 0 Å². The first-order valence-electron chi connectivity index (χ1n) is 6.20. The molecule has 3 heteroatoms. The van der Waals surface area contributed by atoms with Crippen molar-refractivity contribution in [3.05, 3.63) is 12.2 Å². The van der Waals surface area contributed by atoms with E-state index in [-0.39, 0.29) is 11.9 Å². The van der Waals surface area contributed by atoms with Crippen molar-refractivity contribution in [2.24, 2.45) is 11.8 Å².